The molecule has 1 aromatic heterocycles. The molecule has 0 atom stereocenters. The summed E-state index contributed by atoms with van der Waals surface area (Å²) in [6.45, 7) is 1.22. The van der Waals surface area contributed by atoms with Crippen LogP contribution in [0.25, 0.3) is 0 Å². The van der Waals surface area contributed by atoms with Gasteiger partial charge >= 0.3 is 6.36 Å². The Balaban J connectivity index is 3.19. The van der Waals surface area contributed by atoms with Gasteiger partial charge in [-0.1, -0.05) is 0 Å². The predicted molar refractivity (Wildman–Crippen MR) is 45.0 cm³/mol. The first-order valence-electron chi connectivity index (χ1n) is 4.01. The molecule has 0 aromatic carbocycles. The molecule has 0 fully saturated rings. The van der Waals surface area contributed by atoms with Crippen molar-refractivity contribution < 1.29 is 26.7 Å². The summed E-state index contributed by atoms with van der Waals surface area (Å²) in [4.78, 5) is 3.36. The van der Waals surface area contributed by atoms with Crippen molar-refractivity contribution in [3.8, 4) is 5.75 Å². The van der Waals surface area contributed by atoms with Crippen molar-refractivity contribution >= 4 is 5.69 Å². The lowest BCUT2D eigenvalue weighted by molar-refractivity contribution is -0.274. The second-order valence-corrected chi connectivity index (χ2v) is 2.88. The molecule has 1 heterocycles. The number of alkyl halides is 5. The number of aryl methyl sites for hydroxylation is 1. The second-order valence-electron chi connectivity index (χ2n) is 2.88. The predicted octanol–water partition coefficient (Wildman–Crippen LogP) is 2.81. The first kappa shape index (κ1) is 12.5. The minimum atomic E-state index is -5.00. The van der Waals surface area contributed by atoms with E-state index in [1.807, 2.05) is 0 Å². The summed E-state index contributed by atoms with van der Waals surface area (Å²) in [7, 11) is 0. The third-order valence-electron chi connectivity index (χ3n) is 1.76. The molecule has 0 amide bonds. The average Bonchev–Trinajstić information content (AvgIpc) is 2.07. The number of hydrogen-bond donors (Lipinski definition) is 1. The molecule has 90 valence electrons. The highest BCUT2D eigenvalue weighted by atomic mass is 19.4. The van der Waals surface area contributed by atoms with E-state index < -0.39 is 29.8 Å². The quantitative estimate of drug-likeness (QED) is 0.811. The van der Waals surface area contributed by atoms with Crippen LogP contribution in [-0.2, 0) is 0 Å². The fourth-order valence-corrected chi connectivity index (χ4v) is 1.10. The van der Waals surface area contributed by atoms with Crippen LogP contribution in [0.4, 0.5) is 27.6 Å². The number of nitrogens with zero attached hydrogens (tertiary/aromatic N) is 1. The highest BCUT2D eigenvalue weighted by Gasteiger charge is 2.33. The Labute approximate surface area is 87.0 Å². The van der Waals surface area contributed by atoms with Crippen LogP contribution in [-0.4, -0.2) is 11.3 Å². The summed E-state index contributed by atoms with van der Waals surface area (Å²) >= 11 is 0. The number of ether oxygens (including phenoxy) is 1. The molecule has 0 spiro atoms. The van der Waals surface area contributed by atoms with Crippen molar-refractivity contribution in [2.75, 3.05) is 5.73 Å². The third-order valence-corrected chi connectivity index (χ3v) is 1.76. The molecule has 1 rings (SSSR count). The Kier molecular flexibility index (Phi) is 3.20. The molecule has 0 saturated heterocycles. The van der Waals surface area contributed by atoms with Crippen molar-refractivity contribution in [1.29, 1.82) is 0 Å². The molecule has 0 unspecified atom stereocenters. The number of aromatic nitrogens is 1. The van der Waals surface area contributed by atoms with Gasteiger partial charge in [0.05, 0.1) is 17.4 Å². The first-order chi connectivity index (χ1) is 7.22. The zero-order chi connectivity index (χ0) is 12.5. The second kappa shape index (κ2) is 4.11. The summed E-state index contributed by atoms with van der Waals surface area (Å²) in [5.74, 6) is -0.923. The van der Waals surface area contributed by atoms with Crippen LogP contribution in [0, 0.1) is 6.92 Å². The van der Waals surface area contributed by atoms with E-state index in [2.05, 4.69) is 9.72 Å². The van der Waals surface area contributed by atoms with Crippen molar-refractivity contribution in [3.63, 3.8) is 0 Å². The van der Waals surface area contributed by atoms with Gasteiger partial charge in [0.25, 0.3) is 6.43 Å². The van der Waals surface area contributed by atoms with Gasteiger partial charge in [0.15, 0.2) is 5.75 Å². The van der Waals surface area contributed by atoms with E-state index in [9.17, 15) is 22.0 Å². The van der Waals surface area contributed by atoms with Crippen LogP contribution >= 0.6 is 0 Å². The minimum absolute atomic E-state index is 0.137. The maximum Gasteiger partial charge on any atom is 0.573 e. The highest BCUT2D eigenvalue weighted by Crippen LogP contribution is 2.35. The molecule has 0 aliphatic heterocycles. The van der Waals surface area contributed by atoms with E-state index in [0.717, 1.165) is 0 Å². The smallest absolute Gasteiger partial charge is 0.402 e. The summed E-state index contributed by atoms with van der Waals surface area (Å²) < 4.78 is 63.9. The number of anilines is 1. The molecule has 0 aliphatic carbocycles. The van der Waals surface area contributed by atoms with Gasteiger partial charge < -0.3 is 10.5 Å². The van der Waals surface area contributed by atoms with E-state index in [0.29, 0.717) is 6.20 Å². The molecule has 1 aromatic rings. The van der Waals surface area contributed by atoms with Crippen LogP contribution < -0.4 is 10.5 Å². The number of hydrogen-bond acceptors (Lipinski definition) is 3. The molecule has 0 saturated carbocycles. The number of nitrogens with two attached hydrogens (primary N) is 1. The zero-order valence-electron chi connectivity index (χ0n) is 7.98. The summed E-state index contributed by atoms with van der Waals surface area (Å²) in [5.41, 5.74) is 3.51. The van der Waals surface area contributed by atoms with E-state index in [4.69, 9.17) is 5.73 Å². The van der Waals surface area contributed by atoms with Crippen molar-refractivity contribution in [1.82, 2.24) is 4.98 Å². The molecular formula is C8H7F5N2O. The van der Waals surface area contributed by atoms with Crippen molar-refractivity contribution in [2.45, 2.75) is 19.7 Å². The largest absolute Gasteiger partial charge is 0.573 e. The minimum Gasteiger partial charge on any atom is -0.402 e. The molecule has 0 aliphatic rings. The van der Waals surface area contributed by atoms with Gasteiger partial charge in [-0.05, 0) is 6.92 Å². The van der Waals surface area contributed by atoms with Gasteiger partial charge in [-0.15, -0.1) is 13.2 Å². The number of rotatable bonds is 2. The summed E-state index contributed by atoms with van der Waals surface area (Å²) in [6, 6.07) is 0. The number of pyridine rings is 1. The van der Waals surface area contributed by atoms with Gasteiger partial charge in [0, 0.05) is 5.69 Å². The summed E-state index contributed by atoms with van der Waals surface area (Å²) in [5, 5.41) is 0. The third kappa shape index (κ3) is 2.71. The lowest BCUT2D eigenvalue weighted by Gasteiger charge is -2.14. The summed E-state index contributed by atoms with van der Waals surface area (Å²) in [6.07, 6.45) is -7.35. The molecule has 2 N–H and O–H groups in total. The SMILES string of the molecule is Cc1ncc(OC(F)(F)F)c(N)c1C(F)F. The zero-order valence-corrected chi connectivity index (χ0v) is 7.98. The number of nitrogen functional groups attached to an aromatic ring is 1. The maximum absolute atomic E-state index is 12.4. The van der Waals surface area contributed by atoms with Gasteiger partial charge in [0.1, 0.15) is 0 Å². The normalized spacial score (nSPS) is 11.9. The fraction of sp³-hybridized carbons (Fsp3) is 0.375. The van der Waals surface area contributed by atoms with Gasteiger partial charge in [-0.25, -0.2) is 8.78 Å². The standard InChI is InChI=1S/C8H7F5N2O/c1-3-5(7(9)10)6(14)4(2-15-3)16-8(11,12)13/h2,7H,1H3,(H2,14,15). The van der Waals surface area contributed by atoms with E-state index in [1.54, 1.807) is 0 Å². The Morgan fingerprint density at radius 1 is 1.38 bits per heavy atom. The Morgan fingerprint density at radius 2 is 1.94 bits per heavy atom. The van der Waals surface area contributed by atoms with Crippen LogP contribution in [0.3, 0.4) is 0 Å². The average molecular weight is 242 g/mol. The van der Waals surface area contributed by atoms with Gasteiger partial charge in [-0.2, -0.15) is 0 Å². The molecule has 3 nitrogen and oxygen atoms in total. The Morgan fingerprint density at radius 3 is 2.38 bits per heavy atom. The highest BCUT2D eigenvalue weighted by molar-refractivity contribution is 5.59. The molecular weight excluding hydrogens is 235 g/mol. The Hall–Kier alpha value is -1.60. The molecule has 8 heteroatoms. The van der Waals surface area contributed by atoms with Gasteiger partial charge in [0.2, 0.25) is 0 Å². The molecule has 16 heavy (non-hydrogen) atoms. The fourth-order valence-electron chi connectivity index (χ4n) is 1.10. The topological polar surface area (TPSA) is 48.1 Å². The van der Waals surface area contributed by atoms with Crippen molar-refractivity contribution in [2.24, 2.45) is 0 Å². The van der Waals surface area contributed by atoms with Gasteiger partial charge in [-0.3, -0.25) is 4.98 Å². The van der Waals surface area contributed by atoms with Crippen molar-refractivity contribution in [3.05, 3.63) is 17.5 Å². The lowest BCUT2D eigenvalue weighted by atomic mass is 10.1. The van der Waals surface area contributed by atoms with Crippen LogP contribution in [0.1, 0.15) is 17.7 Å². The Bertz CT molecular complexity index is 391. The number of halogens is 5. The van der Waals surface area contributed by atoms with E-state index >= 15 is 0 Å². The molecule has 0 bridgehead atoms. The monoisotopic (exact) mass is 242 g/mol. The molecule has 0 radical (unpaired) electrons. The van der Waals surface area contributed by atoms with E-state index in [-0.39, 0.29) is 5.69 Å². The van der Waals surface area contributed by atoms with Crippen LogP contribution in [0.5, 0.6) is 5.75 Å². The van der Waals surface area contributed by atoms with Crippen LogP contribution in [0.2, 0.25) is 0 Å². The van der Waals surface area contributed by atoms with Crippen LogP contribution in [0.15, 0.2) is 6.20 Å². The first-order valence-corrected chi connectivity index (χ1v) is 4.01. The van der Waals surface area contributed by atoms with E-state index in [1.165, 1.54) is 6.92 Å². The maximum atomic E-state index is 12.4. The lowest BCUT2D eigenvalue weighted by Crippen LogP contribution is -2.19.